The lowest BCUT2D eigenvalue weighted by atomic mass is 10.1. The van der Waals surface area contributed by atoms with E-state index >= 15 is 0 Å². The van der Waals surface area contributed by atoms with Gasteiger partial charge in [0.15, 0.2) is 5.13 Å². The van der Waals surface area contributed by atoms with Crippen LogP contribution in [-0.2, 0) is 0 Å². The highest BCUT2D eigenvalue weighted by Crippen LogP contribution is 2.28. The zero-order valence-electron chi connectivity index (χ0n) is 17.0. The molecule has 3 N–H and O–H groups in total. The van der Waals surface area contributed by atoms with E-state index in [0.29, 0.717) is 33.0 Å². The first kappa shape index (κ1) is 23.5. The average molecular weight is 479 g/mol. The summed E-state index contributed by atoms with van der Waals surface area (Å²) in [4.78, 5) is 17.7. The van der Waals surface area contributed by atoms with Gasteiger partial charge in [0.05, 0.1) is 16.4 Å². The molecule has 0 atom stereocenters. The number of halogens is 4. The molecule has 0 aliphatic rings. The van der Waals surface area contributed by atoms with Gasteiger partial charge in [0.2, 0.25) is 0 Å². The number of amides is 1. The SMILES string of the molecule is Cc1nc(NC(=O)c2ccc(/C(=C/C(=N)C(F)(F)F)Nc3ccccc3Cl)cc2)sc1C. The first-order chi connectivity index (χ1) is 15.0. The summed E-state index contributed by atoms with van der Waals surface area (Å²) < 4.78 is 38.9. The fourth-order valence-electron chi connectivity index (χ4n) is 2.62. The quantitative estimate of drug-likeness (QED) is 0.345. The minimum atomic E-state index is -4.81. The van der Waals surface area contributed by atoms with Crippen molar-refractivity contribution in [3.63, 3.8) is 0 Å². The lowest BCUT2D eigenvalue weighted by Gasteiger charge is -2.15. The van der Waals surface area contributed by atoms with Crippen molar-refractivity contribution in [2.24, 2.45) is 0 Å². The number of thiazole rings is 1. The average Bonchev–Trinajstić information content (AvgIpc) is 3.05. The molecule has 1 amide bonds. The Bertz CT molecular complexity index is 1170. The Morgan fingerprint density at radius 1 is 1.06 bits per heavy atom. The van der Waals surface area contributed by atoms with Crippen molar-refractivity contribution in [1.29, 1.82) is 5.41 Å². The molecule has 5 nitrogen and oxygen atoms in total. The van der Waals surface area contributed by atoms with Gasteiger partial charge in [0.25, 0.3) is 5.91 Å². The highest BCUT2D eigenvalue weighted by molar-refractivity contribution is 7.15. The zero-order valence-corrected chi connectivity index (χ0v) is 18.5. The van der Waals surface area contributed by atoms with Crippen LogP contribution in [0.4, 0.5) is 24.0 Å². The number of carbonyl (C=O) groups excluding carboxylic acids is 1. The summed E-state index contributed by atoms with van der Waals surface area (Å²) in [6, 6.07) is 12.5. The third-order valence-electron chi connectivity index (χ3n) is 4.44. The molecule has 10 heteroatoms. The third-order valence-corrected chi connectivity index (χ3v) is 5.76. The monoisotopic (exact) mass is 478 g/mol. The smallest absolute Gasteiger partial charge is 0.354 e. The number of aryl methyl sites for hydroxylation is 2. The number of nitrogens with zero attached hydrogens (tertiary/aromatic N) is 1. The number of para-hydroxylation sites is 1. The Morgan fingerprint density at radius 2 is 1.69 bits per heavy atom. The maximum Gasteiger partial charge on any atom is 0.432 e. The molecule has 0 bridgehead atoms. The van der Waals surface area contributed by atoms with Crippen molar-refractivity contribution < 1.29 is 18.0 Å². The van der Waals surface area contributed by atoms with E-state index in [1.54, 1.807) is 24.3 Å². The third kappa shape index (κ3) is 5.74. The Morgan fingerprint density at radius 3 is 2.25 bits per heavy atom. The Hall–Kier alpha value is -3.17. The van der Waals surface area contributed by atoms with Crippen molar-refractivity contribution in [3.8, 4) is 0 Å². The molecule has 0 saturated heterocycles. The van der Waals surface area contributed by atoms with Gasteiger partial charge in [-0.15, -0.1) is 11.3 Å². The molecule has 3 aromatic rings. The van der Waals surface area contributed by atoms with Gasteiger partial charge >= 0.3 is 6.18 Å². The van der Waals surface area contributed by atoms with Crippen LogP contribution in [0.2, 0.25) is 5.02 Å². The van der Waals surface area contributed by atoms with Crippen LogP contribution < -0.4 is 10.6 Å². The predicted molar refractivity (Wildman–Crippen MR) is 123 cm³/mol. The van der Waals surface area contributed by atoms with E-state index < -0.39 is 17.8 Å². The topological polar surface area (TPSA) is 77.9 Å². The molecule has 0 radical (unpaired) electrons. The van der Waals surface area contributed by atoms with Gasteiger partial charge in [-0.25, -0.2) is 4.98 Å². The number of rotatable bonds is 6. The summed E-state index contributed by atoms with van der Waals surface area (Å²) >= 11 is 7.47. The number of benzene rings is 2. The lowest BCUT2D eigenvalue weighted by molar-refractivity contribution is -0.0583. The van der Waals surface area contributed by atoms with Crippen LogP contribution in [-0.4, -0.2) is 22.8 Å². The second-order valence-corrected chi connectivity index (χ2v) is 8.38. The first-order valence-electron chi connectivity index (χ1n) is 9.29. The van der Waals surface area contributed by atoms with E-state index in [-0.39, 0.29) is 5.70 Å². The molecule has 166 valence electrons. The number of alkyl halides is 3. The minimum Gasteiger partial charge on any atom is -0.354 e. The van der Waals surface area contributed by atoms with Gasteiger partial charge in [-0.05, 0) is 49.8 Å². The van der Waals surface area contributed by atoms with Crippen molar-refractivity contribution in [3.05, 3.63) is 81.3 Å². The van der Waals surface area contributed by atoms with Gasteiger partial charge in [-0.3, -0.25) is 15.5 Å². The summed E-state index contributed by atoms with van der Waals surface area (Å²) in [6.45, 7) is 3.74. The summed E-state index contributed by atoms with van der Waals surface area (Å²) in [5.74, 6) is -0.391. The Labute approximate surface area is 191 Å². The van der Waals surface area contributed by atoms with E-state index in [1.807, 2.05) is 13.8 Å². The summed E-state index contributed by atoms with van der Waals surface area (Å²) in [5.41, 5.74) is 0.348. The largest absolute Gasteiger partial charge is 0.432 e. The van der Waals surface area contributed by atoms with E-state index in [4.69, 9.17) is 17.0 Å². The van der Waals surface area contributed by atoms with Crippen molar-refractivity contribution in [2.45, 2.75) is 20.0 Å². The normalized spacial score (nSPS) is 11.9. The van der Waals surface area contributed by atoms with Crippen LogP contribution in [0.15, 0.2) is 54.6 Å². The molecule has 0 aliphatic heterocycles. The van der Waals surface area contributed by atoms with Crippen LogP contribution in [0, 0.1) is 19.3 Å². The number of allylic oxidation sites excluding steroid dienone is 1. The van der Waals surface area contributed by atoms with Crippen molar-refractivity contribution in [2.75, 3.05) is 10.6 Å². The van der Waals surface area contributed by atoms with Gasteiger partial charge < -0.3 is 5.32 Å². The molecule has 1 heterocycles. The van der Waals surface area contributed by atoms with Crippen LogP contribution in [0.25, 0.3) is 5.70 Å². The van der Waals surface area contributed by atoms with Gasteiger partial charge in [-0.2, -0.15) is 13.2 Å². The molecular weight excluding hydrogens is 461 g/mol. The molecule has 0 aliphatic carbocycles. The molecule has 0 spiro atoms. The highest BCUT2D eigenvalue weighted by Gasteiger charge is 2.33. The number of carbonyl (C=O) groups is 1. The highest BCUT2D eigenvalue weighted by atomic mass is 35.5. The van der Waals surface area contributed by atoms with Crippen LogP contribution in [0.3, 0.4) is 0 Å². The summed E-state index contributed by atoms with van der Waals surface area (Å²) in [5, 5.41) is 13.7. The van der Waals surface area contributed by atoms with Gasteiger partial charge in [-0.1, -0.05) is 35.9 Å². The van der Waals surface area contributed by atoms with Crippen LogP contribution in [0.5, 0.6) is 0 Å². The predicted octanol–water partition coefficient (Wildman–Crippen LogP) is 6.70. The molecule has 2 aromatic carbocycles. The first-order valence-corrected chi connectivity index (χ1v) is 10.5. The second kappa shape index (κ2) is 9.54. The van der Waals surface area contributed by atoms with E-state index in [1.165, 1.54) is 35.6 Å². The Balaban J connectivity index is 1.87. The fourth-order valence-corrected chi connectivity index (χ4v) is 3.61. The summed E-state index contributed by atoms with van der Waals surface area (Å²) in [6.07, 6.45) is -4.13. The number of nitrogens with one attached hydrogen (secondary N) is 3. The molecule has 0 fully saturated rings. The fraction of sp³-hybridized carbons (Fsp3) is 0.136. The zero-order chi connectivity index (χ0) is 23.5. The summed E-state index contributed by atoms with van der Waals surface area (Å²) in [7, 11) is 0. The number of aromatic nitrogens is 1. The molecule has 0 saturated carbocycles. The molecule has 1 aromatic heterocycles. The Kier molecular flexibility index (Phi) is 7.00. The number of hydrogen-bond acceptors (Lipinski definition) is 5. The molecular formula is C22H18ClF3N4OS. The van der Waals surface area contributed by atoms with Crippen molar-refractivity contribution >= 4 is 51.1 Å². The lowest BCUT2D eigenvalue weighted by Crippen LogP contribution is -2.20. The molecule has 3 rings (SSSR count). The van der Waals surface area contributed by atoms with Crippen LogP contribution in [0.1, 0.15) is 26.5 Å². The van der Waals surface area contributed by atoms with Crippen LogP contribution >= 0.6 is 22.9 Å². The van der Waals surface area contributed by atoms with Gasteiger partial charge in [0.1, 0.15) is 5.71 Å². The van der Waals surface area contributed by atoms with Crippen molar-refractivity contribution in [1.82, 2.24) is 4.98 Å². The van der Waals surface area contributed by atoms with Gasteiger partial charge in [0, 0.05) is 16.1 Å². The maximum atomic E-state index is 13.0. The molecule has 0 unspecified atom stereocenters. The number of hydrogen-bond donors (Lipinski definition) is 3. The van der Waals surface area contributed by atoms with E-state index in [9.17, 15) is 18.0 Å². The van der Waals surface area contributed by atoms with E-state index in [0.717, 1.165) is 10.6 Å². The number of anilines is 2. The van der Waals surface area contributed by atoms with E-state index in [2.05, 4.69) is 15.6 Å². The standard InChI is InChI=1S/C22H18ClF3N4OS/c1-12-13(2)32-21(28-12)30-20(31)15-9-7-14(8-10-15)18(11-19(27)22(24,25)26)29-17-6-4-3-5-16(17)23/h3-11,27,29H,1-2H3,(H,28,30,31)/b18-11-,27-19?. The minimum absolute atomic E-state index is 0.0126. The molecule has 32 heavy (non-hydrogen) atoms. The maximum absolute atomic E-state index is 13.0. The second-order valence-electron chi connectivity index (χ2n) is 6.77.